The summed E-state index contributed by atoms with van der Waals surface area (Å²) >= 11 is 11.6. The maximum atomic E-state index is 13.3. The molecule has 0 spiro atoms. The van der Waals surface area contributed by atoms with Gasteiger partial charge in [-0.3, -0.25) is 14.9 Å². The number of alkyl halides is 2. The van der Waals surface area contributed by atoms with Gasteiger partial charge < -0.3 is 5.32 Å². The molecule has 5 nitrogen and oxygen atoms in total. The highest BCUT2D eigenvalue weighted by atomic mass is 35.5. The molecule has 0 radical (unpaired) electrons. The summed E-state index contributed by atoms with van der Waals surface area (Å²) in [5.41, 5.74) is -1.47. The second-order valence-electron chi connectivity index (χ2n) is 4.31. The summed E-state index contributed by atoms with van der Waals surface area (Å²) in [6, 6.07) is 2.67. The Kier molecular flexibility index (Phi) is 5.71. The molecule has 1 amide bonds. The normalized spacial score (nSPS) is 11.2. The number of hydrogen-bond donors (Lipinski definition) is 1. The summed E-state index contributed by atoms with van der Waals surface area (Å²) in [6.07, 6.45) is 0.475. The van der Waals surface area contributed by atoms with Crippen LogP contribution >= 0.6 is 23.2 Å². The molecule has 0 saturated heterocycles. The molecule has 0 heterocycles. The fraction of sp³-hybridized carbons (Fsp3) is 0.417. The maximum absolute atomic E-state index is 13.3. The first-order valence-corrected chi connectivity index (χ1v) is 6.84. The SMILES string of the molecule is CCC(CCl)(CCl)NC(=O)c1cc(F)cc([N+](=O)[O-])c1. The van der Waals surface area contributed by atoms with E-state index in [-0.39, 0.29) is 17.3 Å². The monoisotopic (exact) mass is 322 g/mol. The first-order chi connectivity index (χ1) is 9.37. The van der Waals surface area contributed by atoms with Gasteiger partial charge in [0.1, 0.15) is 5.82 Å². The van der Waals surface area contributed by atoms with Crippen LogP contribution < -0.4 is 5.32 Å². The Hall–Kier alpha value is -1.40. The molecule has 0 aliphatic heterocycles. The van der Waals surface area contributed by atoms with Crippen LogP contribution in [0, 0.1) is 15.9 Å². The summed E-state index contributed by atoms with van der Waals surface area (Å²) in [6.45, 7) is 1.79. The average Bonchev–Trinajstić information content (AvgIpc) is 2.44. The highest BCUT2D eigenvalue weighted by molar-refractivity contribution is 6.22. The van der Waals surface area contributed by atoms with Crippen molar-refractivity contribution in [1.82, 2.24) is 5.32 Å². The summed E-state index contributed by atoms with van der Waals surface area (Å²) in [5, 5.41) is 13.2. The molecule has 0 aliphatic carbocycles. The van der Waals surface area contributed by atoms with E-state index in [1.807, 2.05) is 0 Å². The van der Waals surface area contributed by atoms with E-state index >= 15 is 0 Å². The molecule has 0 aliphatic rings. The highest BCUT2D eigenvalue weighted by Crippen LogP contribution is 2.19. The number of carbonyl (C=O) groups is 1. The van der Waals surface area contributed by atoms with Crippen LogP contribution in [0.15, 0.2) is 18.2 Å². The van der Waals surface area contributed by atoms with Gasteiger partial charge in [0.15, 0.2) is 0 Å². The van der Waals surface area contributed by atoms with Crippen molar-refractivity contribution in [1.29, 1.82) is 0 Å². The van der Waals surface area contributed by atoms with Crippen molar-refractivity contribution in [3.8, 4) is 0 Å². The standard InChI is InChI=1S/C12H13Cl2FN2O3/c1-2-12(6-13,7-14)16-11(18)8-3-9(15)5-10(4-8)17(19)20/h3-5H,2,6-7H2,1H3,(H,16,18). The minimum atomic E-state index is -0.858. The van der Waals surface area contributed by atoms with Crippen LogP contribution in [0.3, 0.4) is 0 Å². The summed E-state index contributed by atoms with van der Waals surface area (Å²) in [7, 11) is 0. The second-order valence-corrected chi connectivity index (χ2v) is 4.85. The number of benzene rings is 1. The average molecular weight is 323 g/mol. The van der Waals surface area contributed by atoms with Gasteiger partial charge >= 0.3 is 0 Å². The Bertz CT molecular complexity index is 513. The zero-order chi connectivity index (χ0) is 15.3. The van der Waals surface area contributed by atoms with E-state index in [0.717, 1.165) is 18.2 Å². The molecule has 8 heteroatoms. The van der Waals surface area contributed by atoms with Crippen LogP contribution in [-0.4, -0.2) is 28.1 Å². The van der Waals surface area contributed by atoms with Crippen LogP contribution in [-0.2, 0) is 0 Å². The van der Waals surface area contributed by atoms with Crippen molar-refractivity contribution in [2.24, 2.45) is 0 Å². The van der Waals surface area contributed by atoms with E-state index in [1.165, 1.54) is 0 Å². The Morgan fingerprint density at radius 3 is 2.45 bits per heavy atom. The smallest absolute Gasteiger partial charge is 0.273 e. The summed E-state index contributed by atoms with van der Waals surface area (Å²) in [4.78, 5) is 21.9. The van der Waals surface area contributed by atoms with E-state index in [9.17, 15) is 19.3 Å². The summed E-state index contributed by atoms with van der Waals surface area (Å²) in [5.74, 6) is -1.36. The number of nitro groups is 1. The van der Waals surface area contributed by atoms with E-state index in [1.54, 1.807) is 6.92 Å². The molecule has 0 unspecified atom stereocenters. The lowest BCUT2D eigenvalue weighted by Crippen LogP contribution is -2.51. The third kappa shape index (κ3) is 3.80. The molecule has 0 fully saturated rings. The van der Waals surface area contributed by atoms with Crippen molar-refractivity contribution in [2.75, 3.05) is 11.8 Å². The first-order valence-electron chi connectivity index (χ1n) is 5.77. The second kappa shape index (κ2) is 6.85. The van der Waals surface area contributed by atoms with E-state index < -0.39 is 27.9 Å². The minimum absolute atomic E-state index is 0.0795. The molecular weight excluding hydrogens is 310 g/mol. The fourth-order valence-corrected chi connectivity index (χ4v) is 2.30. The Morgan fingerprint density at radius 2 is 2.00 bits per heavy atom. The minimum Gasteiger partial charge on any atom is -0.344 e. The molecule has 1 aromatic rings. The van der Waals surface area contributed by atoms with Crippen molar-refractivity contribution < 1.29 is 14.1 Å². The number of nitro benzene ring substituents is 1. The molecule has 0 aromatic heterocycles. The third-order valence-corrected chi connectivity index (χ3v) is 3.95. The number of nitrogens with zero attached hydrogens (tertiary/aromatic N) is 1. The van der Waals surface area contributed by atoms with Crippen LogP contribution in [0.2, 0.25) is 0 Å². The number of hydrogen-bond acceptors (Lipinski definition) is 3. The molecule has 20 heavy (non-hydrogen) atoms. The Morgan fingerprint density at radius 1 is 1.40 bits per heavy atom. The van der Waals surface area contributed by atoms with Crippen molar-refractivity contribution in [2.45, 2.75) is 18.9 Å². The van der Waals surface area contributed by atoms with Gasteiger partial charge in [0.2, 0.25) is 0 Å². The molecule has 1 N–H and O–H groups in total. The third-order valence-electron chi connectivity index (χ3n) is 2.92. The van der Waals surface area contributed by atoms with Crippen molar-refractivity contribution in [3.05, 3.63) is 39.7 Å². The first kappa shape index (κ1) is 16.7. The van der Waals surface area contributed by atoms with Gasteiger partial charge in [0, 0.05) is 23.4 Å². The highest BCUT2D eigenvalue weighted by Gasteiger charge is 2.29. The van der Waals surface area contributed by atoms with Crippen molar-refractivity contribution >= 4 is 34.8 Å². The number of amides is 1. The number of non-ortho nitro benzene ring substituents is 1. The van der Waals surface area contributed by atoms with E-state index in [0.29, 0.717) is 6.42 Å². The van der Waals surface area contributed by atoms with Crippen LogP contribution in [0.25, 0.3) is 0 Å². The lowest BCUT2D eigenvalue weighted by Gasteiger charge is -2.29. The molecule has 0 saturated carbocycles. The summed E-state index contributed by atoms with van der Waals surface area (Å²) < 4.78 is 13.3. The number of carbonyl (C=O) groups excluding carboxylic acids is 1. The molecule has 0 atom stereocenters. The number of nitrogens with one attached hydrogen (secondary N) is 1. The lowest BCUT2D eigenvalue weighted by molar-refractivity contribution is -0.385. The zero-order valence-electron chi connectivity index (χ0n) is 10.7. The lowest BCUT2D eigenvalue weighted by atomic mass is 10.0. The quantitative estimate of drug-likeness (QED) is 0.497. The zero-order valence-corrected chi connectivity index (χ0v) is 12.2. The molecule has 110 valence electrons. The van der Waals surface area contributed by atoms with E-state index in [4.69, 9.17) is 23.2 Å². The maximum Gasteiger partial charge on any atom is 0.273 e. The van der Waals surface area contributed by atoms with Gasteiger partial charge in [-0.1, -0.05) is 6.92 Å². The predicted octanol–water partition coefficient (Wildman–Crippen LogP) is 3.09. The van der Waals surface area contributed by atoms with E-state index in [2.05, 4.69) is 5.32 Å². The van der Waals surface area contributed by atoms with Crippen LogP contribution in [0.4, 0.5) is 10.1 Å². The van der Waals surface area contributed by atoms with Gasteiger partial charge in [0.05, 0.1) is 16.5 Å². The van der Waals surface area contributed by atoms with Gasteiger partial charge in [-0.25, -0.2) is 4.39 Å². The largest absolute Gasteiger partial charge is 0.344 e. The topological polar surface area (TPSA) is 72.2 Å². The number of rotatable bonds is 6. The predicted molar refractivity (Wildman–Crippen MR) is 75.0 cm³/mol. The fourth-order valence-electron chi connectivity index (χ4n) is 1.50. The molecular formula is C12H13Cl2FN2O3. The van der Waals surface area contributed by atoms with Gasteiger partial charge in [-0.15, -0.1) is 23.2 Å². The molecule has 1 aromatic carbocycles. The van der Waals surface area contributed by atoms with Crippen LogP contribution in [0.1, 0.15) is 23.7 Å². The van der Waals surface area contributed by atoms with Gasteiger partial charge in [-0.05, 0) is 12.5 Å². The Balaban J connectivity index is 3.06. The Labute approximate surface area is 125 Å². The molecule has 0 bridgehead atoms. The van der Waals surface area contributed by atoms with Crippen molar-refractivity contribution in [3.63, 3.8) is 0 Å². The number of halogens is 3. The van der Waals surface area contributed by atoms with Gasteiger partial charge in [-0.2, -0.15) is 0 Å². The van der Waals surface area contributed by atoms with Gasteiger partial charge in [0.25, 0.3) is 11.6 Å². The van der Waals surface area contributed by atoms with Crippen LogP contribution in [0.5, 0.6) is 0 Å². The molecule has 1 rings (SSSR count).